The molecule has 6 nitrogen and oxygen atoms in total. The van der Waals surface area contributed by atoms with Crippen molar-refractivity contribution >= 4 is 11.9 Å². The van der Waals surface area contributed by atoms with E-state index < -0.39 is 11.9 Å². The summed E-state index contributed by atoms with van der Waals surface area (Å²) in [5.74, 6) is -1.45. The Labute approximate surface area is 104 Å². The van der Waals surface area contributed by atoms with Gasteiger partial charge in [0.1, 0.15) is 18.0 Å². The van der Waals surface area contributed by atoms with Crippen LogP contribution in [-0.4, -0.2) is 47.2 Å². The summed E-state index contributed by atoms with van der Waals surface area (Å²) in [6.45, 7) is 1.73. The predicted molar refractivity (Wildman–Crippen MR) is 63.4 cm³/mol. The zero-order valence-corrected chi connectivity index (χ0v) is 10.2. The van der Waals surface area contributed by atoms with Gasteiger partial charge in [-0.1, -0.05) is 0 Å². The number of hydrogen-bond acceptors (Lipinski definition) is 5. The van der Waals surface area contributed by atoms with Gasteiger partial charge in [-0.05, 0) is 19.1 Å². The highest BCUT2D eigenvalue weighted by molar-refractivity contribution is 5.96. The molecular formula is C12H15NO5. The van der Waals surface area contributed by atoms with Crippen molar-refractivity contribution in [2.24, 2.45) is 0 Å². The first-order valence-electron chi connectivity index (χ1n) is 5.38. The van der Waals surface area contributed by atoms with E-state index >= 15 is 0 Å². The number of aromatic hydroxyl groups is 2. The Hall–Kier alpha value is -2.24. The number of esters is 1. The lowest BCUT2D eigenvalue weighted by Gasteiger charge is -2.16. The van der Waals surface area contributed by atoms with Gasteiger partial charge in [0.05, 0.1) is 6.61 Å². The van der Waals surface area contributed by atoms with Gasteiger partial charge in [0.25, 0.3) is 5.91 Å². The Kier molecular flexibility index (Phi) is 4.53. The average molecular weight is 253 g/mol. The fourth-order valence-electron chi connectivity index (χ4n) is 1.41. The van der Waals surface area contributed by atoms with Crippen LogP contribution in [-0.2, 0) is 9.53 Å². The predicted octanol–water partition coefficient (Wildman–Crippen LogP) is 0.733. The number of rotatable bonds is 4. The van der Waals surface area contributed by atoms with Gasteiger partial charge in [0.15, 0.2) is 0 Å². The van der Waals surface area contributed by atoms with Gasteiger partial charge < -0.3 is 19.8 Å². The van der Waals surface area contributed by atoms with Crippen LogP contribution in [0.3, 0.4) is 0 Å². The quantitative estimate of drug-likeness (QED) is 0.772. The van der Waals surface area contributed by atoms with Crippen molar-refractivity contribution in [1.29, 1.82) is 0 Å². The van der Waals surface area contributed by atoms with E-state index in [1.807, 2.05) is 0 Å². The summed E-state index contributed by atoms with van der Waals surface area (Å²) in [6, 6.07) is 3.54. The first kappa shape index (κ1) is 13.8. The highest BCUT2D eigenvalue weighted by Crippen LogP contribution is 2.21. The van der Waals surface area contributed by atoms with Crippen LogP contribution in [0.5, 0.6) is 11.5 Å². The standard InChI is InChI=1S/C12H15NO5/c1-3-18-11(16)7-13(2)12(17)8-4-9(14)6-10(15)5-8/h4-6,14-15H,3,7H2,1-2H3. The lowest BCUT2D eigenvalue weighted by Crippen LogP contribution is -2.33. The highest BCUT2D eigenvalue weighted by Gasteiger charge is 2.16. The summed E-state index contributed by atoms with van der Waals surface area (Å²) in [4.78, 5) is 24.2. The first-order chi connectivity index (χ1) is 8.43. The SMILES string of the molecule is CCOC(=O)CN(C)C(=O)c1cc(O)cc(O)c1. The van der Waals surface area contributed by atoms with Gasteiger partial charge in [-0.15, -0.1) is 0 Å². The van der Waals surface area contributed by atoms with E-state index in [0.717, 1.165) is 11.0 Å². The Morgan fingerprint density at radius 3 is 2.28 bits per heavy atom. The van der Waals surface area contributed by atoms with Gasteiger partial charge in [-0.25, -0.2) is 0 Å². The van der Waals surface area contributed by atoms with E-state index in [0.29, 0.717) is 0 Å². The second kappa shape index (κ2) is 5.90. The second-order valence-electron chi connectivity index (χ2n) is 3.70. The average Bonchev–Trinajstić information content (AvgIpc) is 2.26. The van der Waals surface area contributed by atoms with Gasteiger partial charge >= 0.3 is 5.97 Å². The van der Waals surface area contributed by atoms with Crippen LogP contribution in [0.4, 0.5) is 0 Å². The van der Waals surface area contributed by atoms with Crippen molar-refractivity contribution in [3.05, 3.63) is 23.8 Å². The molecular weight excluding hydrogens is 238 g/mol. The van der Waals surface area contributed by atoms with Crippen LogP contribution in [0.15, 0.2) is 18.2 Å². The lowest BCUT2D eigenvalue weighted by molar-refractivity contribution is -0.143. The van der Waals surface area contributed by atoms with E-state index in [1.54, 1.807) is 6.92 Å². The van der Waals surface area contributed by atoms with Crippen molar-refractivity contribution in [3.8, 4) is 11.5 Å². The van der Waals surface area contributed by atoms with E-state index in [1.165, 1.54) is 19.2 Å². The summed E-state index contributed by atoms with van der Waals surface area (Å²) in [7, 11) is 1.43. The molecule has 6 heteroatoms. The van der Waals surface area contributed by atoms with Gasteiger partial charge in [-0.2, -0.15) is 0 Å². The Bertz CT molecular complexity index is 438. The smallest absolute Gasteiger partial charge is 0.325 e. The molecule has 1 aromatic rings. The van der Waals surface area contributed by atoms with Crippen LogP contribution < -0.4 is 0 Å². The van der Waals surface area contributed by atoms with Crippen LogP contribution in [0.1, 0.15) is 17.3 Å². The van der Waals surface area contributed by atoms with Crippen molar-refractivity contribution in [1.82, 2.24) is 4.90 Å². The highest BCUT2D eigenvalue weighted by atomic mass is 16.5. The summed E-state index contributed by atoms with van der Waals surface area (Å²) < 4.78 is 4.71. The molecule has 1 amide bonds. The zero-order chi connectivity index (χ0) is 13.7. The Morgan fingerprint density at radius 1 is 1.22 bits per heavy atom. The molecule has 0 aliphatic rings. The first-order valence-corrected chi connectivity index (χ1v) is 5.38. The fourth-order valence-corrected chi connectivity index (χ4v) is 1.41. The second-order valence-corrected chi connectivity index (χ2v) is 3.70. The van der Waals surface area contributed by atoms with Crippen molar-refractivity contribution in [2.45, 2.75) is 6.92 Å². The number of carbonyl (C=O) groups is 2. The summed E-state index contributed by atoms with van der Waals surface area (Å²) in [5.41, 5.74) is 0.0966. The Balaban J connectivity index is 2.77. The molecule has 0 saturated heterocycles. The molecule has 2 N–H and O–H groups in total. The maximum atomic E-state index is 11.9. The topological polar surface area (TPSA) is 87.1 Å². The van der Waals surface area contributed by atoms with Gasteiger partial charge in [0.2, 0.25) is 0 Å². The molecule has 0 heterocycles. The third-order valence-corrected chi connectivity index (χ3v) is 2.17. The van der Waals surface area contributed by atoms with E-state index in [4.69, 9.17) is 4.74 Å². The largest absolute Gasteiger partial charge is 0.508 e. The van der Waals surface area contributed by atoms with E-state index in [-0.39, 0.29) is 30.2 Å². The number of ether oxygens (including phenoxy) is 1. The molecule has 0 saturated carbocycles. The number of amides is 1. The number of carbonyl (C=O) groups excluding carboxylic acids is 2. The summed E-state index contributed by atoms with van der Waals surface area (Å²) in [6.07, 6.45) is 0. The molecule has 0 radical (unpaired) electrons. The van der Waals surface area contributed by atoms with Gasteiger partial charge in [-0.3, -0.25) is 9.59 Å². The molecule has 0 bridgehead atoms. The van der Waals surface area contributed by atoms with Crippen molar-refractivity contribution in [3.63, 3.8) is 0 Å². The fraction of sp³-hybridized carbons (Fsp3) is 0.333. The monoisotopic (exact) mass is 253 g/mol. The maximum absolute atomic E-state index is 11.9. The molecule has 18 heavy (non-hydrogen) atoms. The molecule has 0 aliphatic heterocycles. The molecule has 0 spiro atoms. The number of phenolic OH excluding ortho intramolecular Hbond substituents is 2. The van der Waals surface area contributed by atoms with Gasteiger partial charge in [0, 0.05) is 18.7 Å². The molecule has 1 aromatic carbocycles. The normalized spacial score (nSPS) is 9.89. The van der Waals surface area contributed by atoms with E-state index in [2.05, 4.69) is 0 Å². The Morgan fingerprint density at radius 2 is 1.78 bits per heavy atom. The molecule has 0 fully saturated rings. The summed E-state index contributed by atoms with van der Waals surface area (Å²) in [5, 5.41) is 18.5. The number of phenols is 2. The molecule has 98 valence electrons. The zero-order valence-electron chi connectivity index (χ0n) is 10.2. The summed E-state index contributed by atoms with van der Waals surface area (Å²) >= 11 is 0. The number of benzene rings is 1. The minimum absolute atomic E-state index is 0.0966. The lowest BCUT2D eigenvalue weighted by atomic mass is 10.2. The van der Waals surface area contributed by atoms with Crippen LogP contribution in [0.2, 0.25) is 0 Å². The number of likely N-dealkylation sites (N-methyl/N-ethyl adjacent to an activating group) is 1. The van der Waals surface area contributed by atoms with Crippen molar-refractivity contribution in [2.75, 3.05) is 20.2 Å². The maximum Gasteiger partial charge on any atom is 0.325 e. The van der Waals surface area contributed by atoms with Crippen LogP contribution in [0, 0.1) is 0 Å². The molecule has 1 rings (SSSR count). The minimum atomic E-state index is -0.516. The molecule has 0 aromatic heterocycles. The third kappa shape index (κ3) is 3.65. The van der Waals surface area contributed by atoms with Crippen LogP contribution in [0.25, 0.3) is 0 Å². The number of hydrogen-bond donors (Lipinski definition) is 2. The van der Waals surface area contributed by atoms with Crippen LogP contribution >= 0.6 is 0 Å². The third-order valence-electron chi connectivity index (χ3n) is 2.17. The minimum Gasteiger partial charge on any atom is -0.508 e. The van der Waals surface area contributed by atoms with E-state index in [9.17, 15) is 19.8 Å². The number of nitrogens with zero attached hydrogens (tertiary/aromatic N) is 1. The van der Waals surface area contributed by atoms with Crippen molar-refractivity contribution < 1.29 is 24.5 Å². The molecule has 0 unspecified atom stereocenters. The molecule has 0 aliphatic carbocycles. The molecule has 0 atom stereocenters.